The molecule has 2 aliphatic rings. The van der Waals surface area contributed by atoms with E-state index in [4.69, 9.17) is 0 Å². The molecule has 1 aliphatic carbocycles. The van der Waals surface area contributed by atoms with Crippen LogP contribution in [0.15, 0.2) is 0 Å². The summed E-state index contributed by atoms with van der Waals surface area (Å²) >= 11 is 0. The molecule has 3 N–H and O–H groups in total. The maximum absolute atomic E-state index is 12.0. The standard InChI is InChI=1S/C13H22N2O3/c16-11(10-4-3-7-14-8-10)15-9-13(12(17)18)5-1-2-6-13/h10,14H,1-9H2,(H,15,16)(H,17,18)/t10-/m1/s1. The number of nitrogens with one attached hydrogen (secondary N) is 2. The minimum absolute atomic E-state index is 0.00555. The molecule has 1 atom stereocenters. The third-order valence-electron chi connectivity index (χ3n) is 4.28. The third kappa shape index (κ3) is 2.83. The van der Waals surface area contributed by atoms with Crippen molar-refractivity contribution < 1.29 is 14.7 Å². The lowest BCUT2D eigenvalue weighted by atomic mass is 9.86. The molecule has 0 aromatic carbocycles. The first-order chi connectivity index (χ1) is 8.64. The molecule has 0 unspecified atom stereocenters. The summed E-state index contributed by atoms with van der Waals surface area (Å²) in [4.78, 5) is 23.3. The number of carboxylic acids is 1. The van der Waals surface area contributed by atoms with Gasteiger partial charge >= 0.3 is 5.97 Å². The van der Waals surface area contributed by atoms with Gasteiger partial charge in [-0.1, -0.05) is 12.8 Å². The molecule has 102 valence electrons. The van der Waals surface area contributed by atoms with Crippen molar-refractivity contribution in [1.82, 2.24) is 10.6 Å². The Morgan fingerprint density at radius 2 is 2.00 bits per heavy atom. The first-order valence-corrected chi connectivity index (χ1v) is 6.86. The molecule has 5 nitrogen and oxygen atoms in total. The molecular formula is C13H22N2O3. The fourth-order valence-corrected chi connectivity index (χ4v) is 2.99. The van der Waals surface area contributed by atoms with Crippen LogP contribution in [0.2, 0.25) is 0 Å². The van der Waals surface area contributed by atoms with E-state index >= 15 is 0 Å². The van der Waals surface area contributed by atoms with Gasteiger partial charge < -0.3 is 15.7 Å². The molecule has 0 aromatic rings. The molecule has 1 amide bonds. The van der Waals surface area contributed by atoms with E-state index in [0.29, 0.717) is 19.4 Å². The number of hydrogen-bond donors (Lipinski definition) is 3. The van der Waals surface area contributed by atoms with Gasteiger partial charge in [0, 0.05) is 13.1 Å². The van der Waals surface area contributed by atoms with Crippen LogP contribution in [-0.2, 0) is 9.59 Å². The molecule has 0 bridgehead atoms. The summed E-state index contributed by atoms with van der Waals surface area (Å²) in [5.74, 6) is -0.747. The number of carboxylic acid groups (broad SMARTS) is 1. The molecule has 1 saturated carbocycles. The summed E-state index contributed by atoms with van der Waals surface area (Å²) in [6.45, 7) is 1.98. The van der Waals surface area contributed by atoms with E-state index in [0.717, 1.165) is 32.2 Å². The second-order valence-corrected chi connectivity index (χ2v) is 5.55. The highest BCUT2D eigenvalue weighted by Crippen LogP contribution is 2.37. The number of carbonyl (C=O) groups is 2. The summed E-state index contributed by atoms with van der Waals surface area (Å²) in [5.41, 5.74) is -0.711. The van der Waals surface area contributed by atoms with Gasteiger partial charge in [0.25, 0.3) is 0 Å². The smallest absolute Gasteiger partial charge is 0.311 e. The first-order valence-electron chi connectivity index (χ1n) is 6.86. The zero-order valence-corrected chi connectivity index (χ0v) is 10.7. The second kappa shape index (κ2) is 5.69. The maximum atomic E-state index is 12.0. The van der Waals surface area contributed by atoms with E-state index in [1.165, 1.54) is 0 Å². The van der Waals surface area contributed by atoms with Crippen molar-refractivity contribution in [3.63, 3.8) is 0 Å². The molecule has 0 spiro atoms. The van der Waals surface area contributed by atoms with Crippen LogP contribution in [0.25, 0.3) is 0 Å². The van der Waals surface area contributed by atoms with Crippen molar-refractivity contribution in [2.75, 3.05) is 19.6 Å². The lowest BCUT2D eigenvalue weighted by molar-refractivity contribution is -0.148. The van der Waals surface area contributed by atoms with E-state index in [-0.39, 0.29) is 18.4 Å². The predicted octanol–water partition coefficient (Wildman–Crippen LogP) is 0.747. The van der Waals surface area contributed by atoms with Crippen molar-refractivity contribution in [3.8, 4) is 0 Å². The van der Waals surface area contributed by atoms with Crippen LogP contribution < -0.4 is 10.6 Å². The number of hydrogen-bond acceptors (Lipinski definition) is 3. The number of carbonyl (C=O) groups excluding carboxylic acids is 1. The van der Waals surface area contributed by atoms with E-state index in [2.05, 4.69) is 10.6 Å². The molecule has 1 heterocycles. The Kier molecular flexibility index (Phi) is 4.22. The van der Waals surface area contributed by atoms with Crippen LogP contribution in [0.4, 0.5) is 0 Å². The Labute approximate surface area is 107 Å². The summed E-state index contributed by atoms with van der Waals surface area (Å²) in [5, 5.41) is 15.4. The molecule has 2 fully saturated rings. The van der Waals surface area contributed by atoms with Crippen LogP contribution >= 0.6 is 0 Å². The van der Waals surface area contributed by atoms with Crippen LogP contribution in [0.5, 0.6) is 0 Å². The quantitative estimate of drug-likeness (QED) is 0.691. The SMILES string of the molecule is O=C(NCC1(C(=O)O)CCCC1)[C@@H]1CCCNC1. The van der Waals surface area contributed by atoms with Gasteiger partial charge in [-0.15, -0.1) is 0 Å². The summed E-state index contributed by atoms with van der Waals surface area (Å²) in [6.07, 6.45) is 5.19. The summed E-state index contributed by atoms with van der Waals surface area (Å²) in [7, 11) is 0. The third-order valence-corrected chi connectivity index (χ3v) is 4.28. The largest absolute Gasteiger partial charge is 0.481 e. The van der Waals surface area contributed by atoms with Crippen LogP contribution in [0.1, 0.15) is 38.5 Å². The minimum atomic E-state index is -0.762. The van der Waals surface area contributed by atoms with Gasteiger partial charge in [0.1, 0.15) is 0 Å². The topological polar surface area (TPSA) is 78.4 Å². The fourth-order valence-electron chi connectivity index (χ4n) is 2.99. The van der Waals surface area contributed by atoms with E-state index in [1.54, 1.807) is 0 Å². The molecule has 0 aromatic heterocycles. The van der Waals surface area contributed by atoms with Gasteiger partial charge in [0.2, 0.25) is 5.91 Å². The summed E-state index contributed by atoms with van der Waals surface area (Å²) in [6, 6.07) is 0. The van der Waals surface area contributed by atoms with Gasteiger partial charge in [0.15, 0.2) is 0 Å². The van der Waals surface area contributed by atoms with Gasteiger partial charge in [-0.05, 0) is 32.2 Å². The Morgan fingerprint density at radius 3 is 2.56 bits per heavy atom. The van der Waals surface area contributed by atoms with E-state index in [9.17, 15) is 14.7 Å². The number of piperidine rings is 1. The average molecular weight is 254 g/mol. The van der Waals surface area contributed by atoms with Crippen molar-refractivity contribution in [3.05, 3.63) is 0 Å². The zero-order valence-electron chi connectivity index (χ0n) is 10.7. The second-order valence-electron chi connectivity index (χ2n) is 5.55. The van der Waals surface area contributed by atoms with Gasteiger partial charge in [-0.2, -0.15) is 0 Å². The van der Waals surface area contributed by atoms with Crippen molar-refractivity contribution in [1.29, 1.82) is 0 Å². The lowest BCUT2D eigenvalue weighted by Crippen LogP contribution is -2.46. The molecule has 2 rings (SSSR count). The van der Waals surface area contributed by atoms with Crippen LogP contribution in [0.3, 0.4) is 0 Å². The Hall–Kier alpha value is -1.10. The van der Waals surface area contributed by atoms with Crippen molar-refractivity contribution >= 4 is 11.9 Å². The highest BCUT2D eigenvalue weighted by Gasteiger charge is 2.41. The van der Waals surface area contributed by atoms with E-state index < -0.39 is 11.4 Å². The Bertz CT molecular complexity index is 318. The Balaban J connectivity index is 1.85. The Morgan fingerprint density at radius 1 is 1.28 bits per heavy atom. The highest BCUT2D eigenvalue weighted by atomic mass is 16.4. The van der Waals surface area contributed by atoms with Crippen LogP contribution in [-0.4, -0.2) is 36.6 Å². The molecule has 5 heteroatoms. The van der Waals surface area contributed by atoms with Gasteiger partial charge in [-0.3, -0.25) is 9.59 Å². The fraction of sp³-hybridized carbons (Fsp3) is 0.846. The first kappa shape index (κ1) is 13.3. The average Bonchev–Trinajstić information content (AvgIpc) is 2.87. The number of amides is 1. The normalized spacial score (nSPS) is 26.8. The number of rotatable bonds is 4. The molecule has 18 heavy (non-hydrogen) atoms. The van der Waals surface area contributed by atoms with Crippen molar-refractivity contribution in [2.24, 2.45) is 11.3 Å². The lowest BCUT2D eigenvalue weighted by Gasteiger charge is -2.27. The van der Waals surface area contributed by atoms with Gasteiger partial charge in [-0.25, -0.2) is 0 Å². The summed E-state index contributed by atoms with van der Waals surface area (Å²) < 4.78 is 0. The maximum Gasteiger partial charge on any atom is 0.311 e. The highest BCUT2D eigenvalue weighted by molar-refractivity contribution is 5.81. The van der Waals surface area contributed by atoms with Crippen LogP contribution in [0, 0.1) is 11.3 Å². The minimum Gasteiger partial charge on any atom is -0.481 e. The molecular weight excluding hydrogens is 232 g/mol. The van der Waals surface area contributed by atoms with Gasteiger partial charge in [0.05, 0.1) is 11.3 Å². The van der Waals surface area contributed by atoms with E-state index in [1.807, 2.05) is 0 Å². The monoisotopic (exact) mass is 254 g/mol. The molecule has 1 aliphatic heterocycles. The van der Waals surface area contributed by atoms with Crippen molar-refractivity contribution in [2.45, 2.75) is 38.5 Å². The number of aliphatic carboxylic acids is 1. The zero-order chi connectivity index (χ0) is 13.0. The molecule has 1 saturated heterocycles. The predicted molar refractivity (Wildman–Crippen MR) is 67.1 cm³/mol. The molecule has 0 radical (unpaired) electrons.